The molecular formula is C17H23NO6S. The van der Waals surface area contributed by atoms with Crippen LogP contribution < -0.4 is 4.90 Å². The first-order valence-electron chi connectivity index (χ1n) is 8.00. The van der Waals surface area contributed by atoms with Crippen molar-refractivity contribution in [2.45, 2.75) is 26.4 Å². The Balaban J connectivity index is 1.89. The second-order valence-corrected chi connectivity index (χ2v) is 9.15. The highest BCUT2D eigenvalue weighted by Gasteiger charge is 2.22. The molecule has 1 aromatic rings. The Morgan fingerprint density at radius 2 is 1.64 bits per heavy atom. The summed E-state index contributed by atoms with van der Waals surface area (Å²) in [5.74, 6) is -0.954. The van der Waals surface area contributed by atoms with Crippen LogP contribution in [-0.4, -0.2) is 57.2 Å². The van der Waals surface area contributed by atoms with Crippen molar-refractivity contribution >= 4 is 27.5 Å². The van der Waals surface area contributed by atoms with E-state index < -0.39 is 34.0 Å². The fraction of sp³-hybridized carbons (Fsp3) is 0.529. The fourth-order valence-electron chi connectivity index (χ4n) is 2.36. The van der Waals surface area contributed by atoms with Gasteiger partial charge in [0.1, 0.15) is 5.60 Å². The van der Waals surface area contributed by atoms with E-state index >= 15 is 0 Å². The maximum absolute atomic E-state index is 12.0. The fourth-order valence-corrected chi connectivity index (χ4v) is 3.56. The molecule has 1 aliphatic rings. The predicted molar refractivity (Wildman–Crippen MR) is 93.4 cm³/mol. The van der Waals surface area contributed by atoms with Gasteiger partial charge in [-0.3, -0.25) is 0 Å². The van der Waals surface area contributed by atoms with Gasteiger partial charge in [0.15, 0.2) is 16.4 Å². The van der Waals surface area contributed by atoms with Crippen LogP contribution in [0, 0.1) is 0 Å². The molecule has 0 saturated carbocycles. The van der Waals surface area contributed by atoms with Gasteiger partial charge in [-0.2, -0.15) is 0 Å². The normalized spacial score (nSPS) is 17.0. The smallest absolute Gasteiger partial charge is 0.344 e. The number of sulfone groups is 1. The number of anilines is 1. The van der Waals surface area contributed by atoms with Crippen molar-refractivity contribution in [1.82, 2.24) is 0 Å². The van der Waals surface area contributed by atoms with Gasteiger partial charge in [0, 0.05) is 18.8 Å². The van der Waals surface area contributed by atoms with Crippen molar-refractivity contribution in [3.8, 4) is 0 Å². The summed E-state index contributed by atoms with van der Waals surface area (Å²) in [6.45, 7) is 5.63. The van der Waals surface area contributed by atoms with Crippen LogP contribution in [0.4, 0.5) is 5.69 Å². The van der Waals surface area contributed by atoms with Gasteiger partial charge in [-0.15, -0.1) is 0 Å². The predicted octanol–water partition coefficient (Wildman–Crippen LogP) is 1.42. The zero-order valence-electron chi connectivity index (χ0n) is 14.6. The standard InChI is InChI=1S/C17H23NO6S/c1-17(2,3)24-15(19)12-23-16(20)13-4-6-14(7-5-13)18-8-10-25(21,22)11-9-18/h4-7H,8-12H2,1-3H3. The molecule has 0 unspecified atom stereocenters. The van der Waals surface area contributed by atoms with Gasteiger partial charge in [0.05, 0.1) is 17.1 Å². The number of rotatable bonds is 4. The molecule has 0 spiro atoms. The van der Waals surface area contributed by atoms with Crippen LogP contribution in [0.25, 0.3) is 0 Å². The molecule has 1 aliphatic heterocycles. The van der Waals surface area contributed by atoms with Crippen LogP contribution in [-0.2, 0) is 24.1 Å². The molecule has 8 heteroatoms. The lowest BCUT2D eigenvalue weighted by atomic mass is 10.2. The average molecular weight is 369 g/mol. The molecule has 0 aromatic heterocycles. The van der Waals surface area contributed by atoms with Gasteiger partial charge in [0.25, 0.3) is 0 Å². The van der Waals surface area contributed by atoms with Gasteiger partial charge in [-0.1, -0.05) is 0 Å². The quantitative estimate of drug-likeness (QED) is 0.742. The summed E-state index contributed by atoms with van der Waals surface area (Å²) in [5.41, 5.74) is 0.531. The second kappa shape index (κ2) is 7.43. The Hall–Kier alpha value is -2.09. The molecule has 0 radical (unpaired) electrons. The summed E-state index contributed by atoms with van der Waals surface area (Å²) in [5, 5.41) is 0. The number of benzene rings is 1. The molecule has 7 nitrogen and oxygen atoms in total. The van der Waals surface area contributed by atoms with E-state index in [2.05, 4.69) is 0 Å². The Bertz CT molecular complexity index is 719. The molecule has 0 atom stereocenters. The van der Waals surface area contributed by atoms with Gasteiger partial charge >= 0.3 is 11.9 Å². The Labute approximate surface area is 147 Å². The third-order valence-electron chi connectivity index (χ3n) is 3.55. The average Bonchev–Trinajstić information content (AvgIpc) is 2.51. The topological polar surface area (TPSA) is 90.0 Å². The second-order valence-electron chi connectivity index (χ2n) is 6.85. The number of ether oxygens (including phenoxy) is 2. The van der Waals surface area contributed by atoms with Crippen molar-refractivity contribution in [3.63, 3.8) is 0 Å². The zero-order chi connectivity index (χ0) is 18.7. The third kappa shape index (κ3) is 6.04. The molecule has 0 amide bonds. The lowest BCUT2D eigenvalue weighted by Gasteiger charge is -2.28. The Morgan fingerprint density at radius 1 is 1.08 bits per heavy atom. The van der Waals surface area contributed by atoms with E-state index in [1.807, 2.05) is 4.90 Å². The largest absolute Gasteiger partial charge is 0.457 e. The van der Waals surface area contributed by atoms with Crippen LogP contribution in [0.1, 0.15) is 31.1 Å². The van der Waals surface area contributed by atoms with E-state index in [0.29, 0.717) is 18.7 Å². The zero-order valence-corrected chi connectivity index (χ0v) is 15.5. The maximum Gasteiger partial charge on any atom is 0.344 e. The minimum atomic E-state index is -2.93. The first-order valence-corrected chi connectivity index (χ1v) is 9.82. The molecule has 1 aromatic carbocycles. The molecular weight excluding hydrogens is 346 g/mol. The first kappa shape index (κ1) is 19.2. The van der Waals surface area contributed by atoms with Crippen LogP contribution in [0.2, 0.25) is 0 Å². The minimum absolute atomic E-state index is 0.132. The molecule has 0 aliphatic carbocycles. The van der Waals surface area contributed by atoms with Crippen molar-refractivity contribution in [3.05, 3.63) is 29.8 Å². The minimum Gasteiger partial charge on any atom is -0.457 e. The van der Waals surface area contributed by atoms with Crippen LogP contribution in [0.3, 0.4) is 0 Å². The van der Waals surface area contributed by atoms with E-state index in [9.17, 15) is 18.0 Å². The summed E-state index contributed by atoms with van der Waals surface area (Å²) < 4.78 is 32.9. The summed E-state index contributed by atoms with van der Waals surface area (Å²) >= 11 is 0. The van der Waals surface area contributed by atoms with Gasteiger partial charge < -0.3 is 14.4 Å². The lowest BCUT2D eigenvalue weighted by Crippen LogP contribution is -2.40. The molecule has 1 fully saturated rings. The van der Waals surface area contributed by atoms with E-state index in [1.165, 1.54) is 0 Å². The summed E-state index contributed by atoms with van der Waals surface area (Å²) in [4.78, 5) is 25.5. The SMILES string of the molecule is CC(C)(C)OC(=O)COC(=O)c1ccc(N2CCS(=O)(=O)CC2)cc1. The van der Waals surface area contributed by atoms with Crippen molar-refractivity contribution in [2.24, 2.45) is 0 Å². The van der Waals surface area contributed by atoms with E-state index in [1.54, 1.807) is 45.0 Å². The number of esters is 2. The van der Waals surface area contributed by atoms with E-state index in [4.69, 9.17) is 9.47 Å². The van der Waals surface area contributed by atoms with Gasteiger partial charge in [-0.05, 0) is 45.0 Å². The number of carbonyl (C=O) groups is 2. The van der Waals surface area contributed by atoms with Crippen LogP contribution >= 0.6 is 0 Å². The number of hydrogen-bond donors (Lipinski definition) is 0. The first-order chi connectivity index (χ1) is 11.6. The highest BCUT2D eigenvalue weighted by Crippen LogP contribution is 2.18. The summed E-state index contributed by atoms with van der Waals surface area (Å²) in [7, 11) is -2.93. The molecule has 1 saturated heterocycles. The van der Waals surface area contributed by atoms with Gasteiger partial charge in [0.2, 0.25) is 0 Å². The van der Waals surface area contributed by atoms with Crippen molar-refractivity contribution in [2.75, 3.05) is 36.1 Å². The molecule has 25 heavy (non-hydrogen) atoms. The monoisotopic (exact) mass is 369 g/mol. The molecule has 0 bridgehead atoms. The van der Waals surface area contributed by atoms with E-state index in [-0.39, 0.29) is 11.5 Å². The highest BCUT2D eigenvalue weighted by atomic mass is 32.2. The van der Waals surface area contributed by atoms with Crippen LogP contribution in [0.15, 0.2) is 24.3 Å². The number of carbonyl (C=O) groups excluding carboxylic acids is 2. The van der Waals surface area contributed by atoms with Crippen molar-refractivity contribution in [1.29, 1.82) is 0 Å². The molecule has 2 rings (SSSR count). The van der Waals surface area contributed by atoms with Crippen LogP contribution in [0.5, 0.6) is 0 Å². The third-order valence-corrected chi connectivity index (χ3v) is 5.16. The highest BCUT2D eigenvalue weighted by molar-refractivity contribution is 7.91. The number of hydrogen-bond acceptors (Lipinski definition) is 7. The molecule has 0 N–H and O–H groups in total. The summed E-state index contributed by atoms with van der Waals surface area (Å²) in [6.07, 6.45) is 0. The Morgan fingerprint density at radius 3 is 2.16 bits per heavy atom. The van der Waals surface area contributed by atoms with E-state index in [0.717, 1.165) is 5.69 Å². The number of nitrogens with zero attached hydrogens (tertiary/aromatic N) is 1. The van der Waals surface area contributed by atoms with Crippen molar-refractivity contribution < 1.29 is 27.5 Å². The maximum atomic E-state index is 12.0. The molecule has 1 heterocycles. The lowest BCUT2D eigenvalue weighted by molar-refractivity contribution is -0.158. The molecule has 138 valence electrons. The van der Waals surface area contributed by atoms with Gasteiger partial charge in [-0.25, -0.2) is 18.0 Å². The Kier molecular flexibility index (Phi) is 5.72. The summed E-state index contributed by atoms with van der Waals surface area (Å²) in [6, 6.07) is 6.66.